The lowest BCUT2D eigenvalue weighted by Gasteiger charge is -2.25. The highest BCUT2D eigenvalue weighted by Gasteiger charge is 2.36. The molecule has 0 aromatic carbocycles. The van der Waals surface area contributed by atoms with E-state index in [4.69, 9.17) is 14.2 Å². The Balaban J connectivity index is 2.53. The molecule has 6 heteroatoms. The van der Waals surface area contributed by atoms with Crippen LogP contribution < -0.4 is 0 Å². The van der Waals surface area contributed by atoms with Crippen LogP contribution in [0.4, 0.5) is 0 Å². The van der Waals surface area contributed by atoms with Gasteiger partial charge in [-0.05, 0) is 18.2 Å². The van der Waals surface area contributed by atoms with Crippen LogP contribution in [-0.4, -0.2) is 45.4 Å². The molecule has 1 rings (SSSR count). The minimum Gasteiger partial charge on any atom is -0.458 e. The first-order valence-corrected chi connectivity index (χ1v) is 11.0. The number of esters is 2. The molecule has 0 N–H and O–H groups in total. The first-order valence-electron chi connectivity index (χ1n) is 7.29. The van der Waals surface area contributed by atoms with Gasteiger partial charge in [0.25, 0.3) is 0 Å². The number of carbonyl (C=O) groups excluding carboxylic acids is 2. The van der Waals surface area contributed by atoms with Gasteiger partial charge in [-0.25, -0.2) is 0 Å². The number of hydrogen-bond donors (Lipinski definition) is 0. The fraction of sp³-hybridized carbons (Fsp3) is 0.733. The lowest BCUT2D eigenvalue weighted by Crippen LogP contribution is -2.34. The second kappa shape index (κ2) is 7.75. The molecule has 0 heterocycles. The van der Waals surface area contributed by atoms with E-state index < -0.39 is 20.3 Å². The topological polar surface area (TPSA) is 61.8 Å². The Labute approximate surface area is 127 Å². The van der Waals surface area contributed by atoms with Gasteiger partial charge in [-0.3, -0.25) is 9.59 Å². The summed E-state index contributed by atoms with van der Waals surface area (Å²) in [5.41, 5.74) is 0. The van der Waals surface area contributed by atoms with Gasteiger partial charge in [-0.2, -0.15) is 0 Å². The van der Waals surface area contributed by atoms with Crippen LogP contribution in [0.15, 0.2) is 12.2 Å². The Bertz CT molecular complexity index is 373. The van der Waals surface area contributed by atoms with E-state index in [0.717, 1.165) is 6.04 Å². The minimum absolute atomic E-state index is 0.167. The monoisotopic (exact) mass is 314 g/mol. The van der Waals surface area contributed by atoms with E-state index in [1.54, 1.807) is 12.2 Å². The Morgan fingerprint density at radius 3 is 1.86 bits per heavy atom. The second-order valence-corrected chi connectivity index (χ2v) is 12.2. The normalized spacial score (nSPS) is 24.9. The van der Waals surface area contributed by atoms with Crippen molar-refractivity contribution in [3.05, 3.63) is 12.2 Å². The molecule has 0 fully saturated rings. The van der Waals surface area contributed by atoms with Crippen LogP contribution in [0.3, 0.4) is 0 Å². The Hall–Kier alpha value is -1.14. The van der Waals surface area contributed by atoms with Crippen LogP contribution in [-0.2, 0) is 23.8 Å². The van der Waals surface area contributed by atoms with Crippen molar-refractivity contribution in [3.63, 3.8) is 0 Å². The van der Waals surface area contributed by atoms with E-state index in [-0.39, 0.29) is 17.9 Å². The first-order chi connectivity index (χ1) is 9.69. The quantitative estimate of drug-likeness (QED) is 0.312. The predicted octanol–water partition coefficient (Wildman–Crippen LogP) is 2.39. The third kappa shape index (κ3) is 6.90. The number of rotatable bonds is 7. The molecular formula is C15H26O5Si. The van der Waals surface area contributed by atoms with Crippen molar-refractivity contribution in [3.8, 4) is 0 Å². The summed E-state index contributed by atoms with van der Waals surface area (Å²) in [4.78, 5) is 22.3. The highest BCUT2D eigenvalue weighted by atomic mass is 28.3. The molecule has 0 aromatic rings. The largest absolute Gasteiger partial charge is 0.458 e. The molecule has 0 spiro atoms. The van der Waals surface area contributed by atoms with Gasteiger partial charge in [0, 0.05) is 28.5 Å². The fourth-order valence-corrected chi connectivity index (χ4v) is 2.87. The summed E-state index contributed by atoms with van der Waals surface area (Å²) in [6, 6.07) is 1.07. The molecule has 0 radical (unpaired) electrons. The first kappa shape index (κ1) is 17.9. The van der Waals surface area contributed by atoms with Crippen molar-refractivity contribution in [2.75, 3.05) is 13.2 Å². The summed E-state index contributed by atoms with van der Waals surface area (Å²) in [6.07, 6.45) is 2.75. The average Bonchev–Trinajstić information content (AvgIpc) is 2.64. The van der Waals surface area contributed by atoms with E-state index in [1.807, 2.05) is 0 Å². The SMILES string of the molecule is CC(=O)O[C@H]1C=C[C@@H](OC(C)=O)C1COCC[Si](C)(C)C. The van der Waals surface area contributed by atoms with Crippen molar-refractivity contribution in [2.24, 2.45) is 5.92 Å². The zero-order chi connectivity index (χ0) is 16.0. The van der Waals surface area contributed by atoms with Gasteiger partial charge in [0.15, 0.2) is 0 Å². The molecular weight excluding hydrogens is 288 g/mol. The summed E-state index contributed by atoms with van der Waals surface area (Å²) in [7, 11) is -1.13. The molecule has 0 amide bonds. The van der Waals surface area contributed by atoms with Crippen LogP contribution >= 0.6 is 0 Å². The van der Waals surface area contributed by atoms with Crippen molar-refractivity contribution < 1.29 is 23.8 Å². The van der Waals surface area contributed by atoms with Gasteiger partial charge in [0.2, 0.25) is 0 Å². The van der Waals surface area contributed by atoms with Crippen LogP contribution in [0.1, 0.15) is 13.8 Å². The van der Waals surface area contributed by atoms with Crippen molar-refractivity contribution in [1.29, 1.82) is 0 Å². The minimum atomic E-state index is -1.13. The molecule has 21 heavy (non-hydrogen) atoms. The molecule has 1 aliphatic rings. The molecule has 1 aliphatic carbocycles. The summed E-state index contributed by atoms with van der Waals surface area (Å²) in [5.74, 6) is -0.861. The van der Waals surface area contributed by atoms with Gasteiger partial charge in [0.1, 0.15) is 12.2 Å². The Morgan fingerprint density at radius 1 is 1.00 bits per heavy atom. The number of ether oxygens (including phenoxy) is 3. The summed E-state index contributed by atoms with van der Waals surface area (Å²) >= 11 is 0. The maximum atomic E-state index is 11.1. The van der Waals surface area contributed by atoms with Gasteiger partial charge >= 0.3 is 11.9 Å². The molecule has 0 aliphatic heterocycles. The zero-order valence-electron chi connectivity index (χ0n) is 13.5. The van der Waals surface area contributed by atoms with Crippen molar-refractivity contribution in [2.45, 2.75) is 51.7 Å². The summed E-state index contributed by atoms with van der Waals surface area (Å²) < 4.78 is 16.2. The highest BCUT2D eigenvalue weighted by Crippen LogP contribution is 2.26. The number of carbonyl (C=O) groups is 2. The van der Waals surface area contributed by atoms with Crippen molar-refractivity contribution in [1.82, 2.24) is 0 Å². The van der Waals surface area contributed by atoms with E-state index in [2.05, 4.69) is 19.6 Å². The van der Waals surface area contributed by atoms with Gasteiger partial charge in [-0.15, -0.1) is 0 Å². The van der Waals surface area contributed by atoms with E-state index in [1.165, 1.54) is 13.8 Å². The zero-order valence-corrected chi connectivity index (χ0v) is 14.5. The van der Waals surface area contributed by atoms with E-state index in [9.17, 15) is 9.59 Å². The highest BCUT2D eigenvalue weighted by molar-refractivity contribution is 6.76. The Kier molecular flexibility index (Phi) is 6.61. The van der Waals surface area contributed by atoms with Crippen LogP contribution in [0.5, 0.6) is 0 Å². The maximum Gasteiger partial charge on any atom is 0.303 e. The van der Waals surface area contributed by atoms with Crippen LogP contribution in [0.25, 0.3) is 0 Å². The third-order valence-electron chi connectivity index (χ3n) is 3.25. The van der Waals surface area contributed by atoms with E-state index in [0.29, 0.717) is 13.2 Å². The standard InChI is InChI=1S/C15H26O5Si/c1-11(16)19-14-6-7-15(20-12(2)17)13(14)10-18-8-9-21(3,4)5/h6-7,13-15H,8-10H2,1-5H3/t13?,14-,15+. The molecule has 0 bridgehead atoms. The smallest absolute Gasteiger partial charge is 0.303 e. The Morgan fingerprint density at radius 2 is 1.48 bits per heavy atom. The molecule has 120 valence electrons. The summed E-state index contributed by atoms with van der Waals surface area (Å²) in [5, 5.41) is 0. The predicted molar refractivity (Wildman–Crippen MR) is 82.7 cm³/mol. The van der Waals surface area contributed by atoms with E-state index >= 15 is 0 Å². The fourth-order valence-electron chi connectivity index (χ4n) is 2.12. The van der Waals surface area contributed by atoms with Crippen molar-refractivity contribution >= 4 is 20.0 Å². The molecule has 1 unspecified atom stereocenters. The molecule has 0 aromatic heterocycles. The van der Waals surface area contributed by atoms with Crippen LogP contribution in [0.2, 0.25) is 25.7 Å². The molecule has 3 atom stereocenters. The third-order valence-corrected chi connectivity index (χ3v) is 4.95. The lowest BCUT2D eigenvalue weighted by molar-refractivity contribution is -0.153. The van der Waals surface area contributed by atoms with Gasteiger partial charge in [0.05, 0.1) is 12.5 Å². The summed E-state index contributed by atoms with van der Waals surface area (Å²) in [6.45, 7) is 10.7. The van der Waals surface area contributed by atoms with Crippen LogP contribution in [0, 0.1) is 5.92 Å². The lowest BCUT2D eigenvalue weighted by atomic mass is 10.0. The number of hydrogen-bond acceptors (Lipinski definition) is 5. The second-order valence-electron chi connectivity index (χ2n) is 6.58. The molecule has 0 saturated heterocycles. The van der Waals surface area contributed by atoms with Gasteiger partial charge < -0.3 is 14.2 Å². The average molecular weight is 314 g/mol. The maximum absolute atomic E-state index is 11.1. The molecule has 0 saturated carbocycles. The molecule has 5 nitrogen and oxygen atoms in total. The van der Waals surface area contributed by atoms with Gasteiger partial charge in [-0.1, -0.05) is 19.6 Å².